The molecule has 2 aromatic carbocycles. The van der Waals surface area contributed by atoms with Crippen LogP contribution in [0.3, 0.4) is 0 Å². The number of anilines is 2. The molecule has 4 rings (SSSR count). The summed E-state index contributed by atoms with van der Waals surface area (Å²) in [5.41, 5.74) is 4.26. The zero-order chi connectivity index (χ0) is 30.4. The molecule has 2 heterocycles. The fourth-order valence-electron chi connectivity index (χ4n) is 4.94. The first-order valence-electron chi connectivity index (χ1n) is 14.1. The van der Waals surface area contributed by atoms with E-state index in [0.717, 1.165) is 16.8 Å². The van der Waals surface area contributed by atoms with Gasteiger partial charge in [-0.1, -0.05) is 58.0 Å². The van der Waals surface area contributed by atoms with Crippen LogP contribution in [-0.4, -0.2) is 34.8 Å². The van der Waals surface area contributed by atoms with Gasteiger partial charge in [-0.05, 0) is 52.8 Å². The summed E-state index contributed by atoms with van der Waals surface area (Å²) < 4.78 is 12.3. The van der Waals surface area contributed by atoms with Crippen molar-refractivity contribution in [2.45, 2.75) is 52.9 Å². The number of ether oxygens (including phenoxy) is 2. The summed E-state index contributed by atoms with van der Waals surface area (Å²) in [6, 6.07) is 16.5. The Hall–Kier alpha value is -4.66. The Morgan fingerprint density at radius 2 is 1.57 bits per heavy atom. The zero-order valence-electron chi connectivity index (χ0n) is 25.0. The number of hydrogen-bond acceptors (Lipinski definition) is 6. The average molecular weight is 571 g/mol. The molecule has 0 spiro atoms. The molecule has 0 aliphatic heterocycles. The van der Waals surface area contributed by atoms with E-state index in [-0.39, 0.29) is 35.7 Å². The second kappa shape index (κ2) is 13.3. The molecule has 0 saturated heterocycles. The van der Waals surface area contributed by atoms with Crippen LogP contribution in [0.15, 0.2) is 65.6 Å². The third-order valence-corrected chi connectivity index (χ3v) is 6.98. The van der Waals surface area contributed by atoms with Gasteiger partial charge in [-0.2, -0.15) is 0 Å². The lowest BCUT2D eigenvalue weighted by molar-refractivity contribution is -0.141. The highest BCUT2D eigenvalue weighted by Crippen LogP contribution is 2.36. The second-order valence-corrected chi connectivity index (χ2v) is 10.8. The van der Waals surface area contributed by atoms with Crippen molar-refractivity contribution in [3.63, 3.8) is 0 Å². The maximum Gasteiger partial charge on any atom is 0.323 e. The van der Waals surface area contributed by atoms with Gasteiger partial charge in [0.2, 0.25) is 0 Å². The number of urea groups is 1. The molecule has 9 heteroatoms. The van der Waals surface area contributed by atoms with Gasteiger partial charge in [0.15, 0.2) is 0 Å². The van der Waals surface area contributed by atoms with E-state index >= 15 is 0 Å². The lowest BCUT2D eigenvalue weighted by Gasteiger charge is -2.21. The van der Waals surface area contributed by atoms with Crippen molar-refractivity contribution < 1.29 is 19.1 Å². The fourth-order valence-corrected chi connectivity index (χ4v) is 4.94. The van der Waals surface area contributed by atoms with Crippen molar-refractivity contribution in [3.8, 4) is 16.9 Å². The number of hydrogen-bond donors (Lipinski definition) is 2. The molecule has 0 atom stereocenters. The number of amides is 2. The minimum atomic E-state index is -0.510. The molecule has 0 aliphatic rings. The van der Waals surface area contributed by atoms with Crippen LogP contribution < -0.4 is 20.9 Å². The average Bonchev–Trinajstić information content (AvgIpc) is 2.95. The monoisotopic (exact) mass is 570 g/mol. The Kier molecular flexibility index (Phi) is 9.62. The number of para-hydroxylation sites is 1. The van der Waals surface area contributed by atoms with Crippen LogP contribution in [0.1, 0.15) is 64.0 Å². The summed E-state index contributed by atoms with van der Waals surface area (Å²) in [5, 5.41) is 6.63. The van der Waals surface area contributed by atoms with E-state index in [2.05, 4.69) is 43.3 Å². The zero-order valence-corrected chi connectivity index (χ0v) is 25.0. The first-order valence-corrected chi connectivity index (χ1v) is 14.1. The number of carbonyl (C=O) groups is 2. The molecule has 0 aliphatic carbocycles. The number of carbonyl (C=O) groups excluding carboxylic acids is 2. The molecule has 0 unspecified atom stereocenters. The SMILES string of the molecule is CC(=O)OCCCOc1cccc(-c2c(NC(=O)Nc3c(C(C)C)cccc3C(C)C)c(=O)n(C)c3ncccc23)c1. The number of nitrogens with one attached hydrogen (secondary N) is 2. The number of fused-ring (bicyclic) bond motifs is 1. The minimum Gasteiger partial charge on any atom is -0.493 e. The van der Waals surface area contributed by atoms with Gasteiger partial charge in [0.05, 0.1) is 13.2 Å². The molecule has 220 valence electrons. The maximum atomic E-state index is 13.7. The second-order valence-electron chi connectivity index (χ2n) is 10.8. The van der Waals surface area contributed by atoms with Crippen LogP contribution in [0.2, 0.25) is 0 Å². The fraction of sp³-hybridized carbons (Fsp3) is 0.333. The standard InChI is InChI=1S/C33H38N4O5/c1-20(2)25-13-8-14-26(21(3)4)29(25)35-33(40)36-30-28(27-15-9-16-34-31(27)37(6)32(30)39)23-11-7-12-24(19-23)42-18-10-17-41-22(5)38/h7-9,11-16,19-21H,10,17-18H2,1-6H3,(H2,35,36,40). The van der Waals surface area contributed by atoms with Crippen LogP contribution in [0.5, 0.6) is 5.75 Å². The molecule has 0 saturated carbocycles. The highest BCUT2D eigenvalue weighted by Gasteiger charge is 2.22. The molecule has 2 aromatic heterocycles. The molecule has 4 aromatic rings. The number of pyridine rings is 2. The summed E-state index contributed by atoms with van der Waals surface area (Å²) in [6.07, 6.45) is 2.16. The Labute approximate surface area is 245 Å². The van der Waals surface area contributed by atoms with E-state index in [1.54, 1.807) is 19.3 Å². The Bertz CT molecular complexity index is 1630. The van der Waals surface area contributed by atoms with Crippen molar-refractivity contribution in [1.29, 1.82) is 0 Å². The topological polar surface area (TPSA) is 112 Å². The quantitative estimate of drug-likeness (QED) is 0.160. The third kappa shape index (κ3) is 6.79. The van der Waals surface area contributed by atoms with E-state index in [4.69, 9.17) is 9.47 Å². The lowest BCUT2D eigenvalue weighted by atomic mass is 9.93. The first-order chi connectivity index (χ1) is 20.1. The van der Waals surface area contributed by atoms with Gasteiger partial charge >= 0.3 is 12.0 Å². The normalized spacial score (nSPS) is 11.1. The van der Waals surface area contributed by atoms with E-state index in [1.807, 2.05) is 48.5 Å². The van der Waals surface area contributed by atoms with Gasteiger partial charge in [-0.25, -0.2) is 9.78 Å². The summed E-state index contributed by atoms with van der Waals surface area (Å²) in [4.78, 5) is 42.7. The highest BCUT2D eigenvalue weighted by atomic mass is 16.5. The summed E-state index contributed by atoms with van der Waals surface area (Å²) in [6.45, 7) is 10.3. The molecule has 2 N–H and O–H groups in total. The van der Waals surface area contributed by atoms with Crippen molar-refractivity contribution in [3.05, 3.63) is 82.3 Å². The maximum absolute atomic E-state index is 13.7. The van der Waals surface area contributed by atoms with Gasteiger partial charge in [0, 0.05) is 43.2 Å². The summed E-state index contributed by atoms with van der Waals surface area (Å²) >= 11 is 0. The highest BCUT2D eigenvalue weighted by molar-refractivity contribution is 6.07. The van der Waals surface area contributed by atoms with Crippen LogP contribution in [0.25, 0.3) is 22.2 Å². The molecule has 2 amide bonds. The number of benzene rings is 2. The van der Waals surface area contributed by atoms with Crippen molar-refractivity contribution in [2.24, 2.45) is 7.05 Å². The van der Waals surface area contributed by atoms with Crippen LogP contribution in [0.4, 0.5) is 16.2 Å². The first kappa shape index (κ1) is 30.3. The van der Waals surface area contributed by atoms with E-state index in [0.29, 0.717) is 40.9 Å². The predicted molar refractivity (Wildman–Crippen MR) is 166 cm³/mol. The Morgan fingerprint density at radius 3 is 2.24 bits per heavy atom. The van der Waals surface area contributed by atoms with Crippen LogP contribution >= 0.6 is 0 Å². The number of rotatable bonds is 10. The molecular weight excluding hydrogens is 532 g/mol. The van der Waals surface area contributed by atoms with Gasteiger partial charge in [-0.3, -0.25) is 14.2 Å². The van der Waals surface area contributed by atoms with E-state index < -0.39 is 6.03 Å². The number of aryl methyl sites for hydroxylation is 1. The van der Waals surface area contributed by atoms with E-state index in [1.165, 1.54) is 11.5 Å². The summed E-state index contributed by atoms with van der Waals surface area (Å²) in [7, 11) is 1.64. The number of aromatic nitrogens is 2. The van der Waals surface area contributed by atoms with Crippen LogP contribution in [0, 0.1) is 0 Å². The van der Waals surface area contributed by atoms with Gasteiger partial charge in [0.1, 0.15) is 17.1 Å². The van der Waals surface area contributed by atoms with Crippen molar-refractivity contribution >= 4 is 34.4 Å². The number of nitrogens with zero attached hydrogens (tertiary/aromatic N) is 2. The van der Waals surface area contributed by atoms with Crippen molar-refractivity contribution in [1.82, 2.24) is 9.55 Å². The molecule has 0 bridgehead atoms. The Morgan fingerprint density at radius 1 is 0.905 bits per heavy atom. The molecule has 0 radical (unpaired) electrons. The number of esters is 1. The van der Waals surface area contributed by atoms with Crippen molar-refractivity contribution in [2.75, 3.05) is 23.8 Å². The third-order valence-electron chi connectivity index (χ3n) is 6.98. The van der Waals surface area contributed by atoms with Crippen LogP contribution in [-0.2, 0) is 16.6 Å². The molecular formula is C33H38N4O5. The summed E-state index contributed by atoms with van der Waals surface area (Å²) in [5.74, 6) is 0.619. The smallest absolute Gasteiger partial charge is 0.323 e. The minimum absolute atomic E-state index is 0.135. The Balaban J connectivity index is 1.74. The van der Waals surface area contributed by atoms with Gasteiger partial charge in [-0.15, -0.1) is 0 Å². The molecule has 42 heavy (non-hydrogen) atoms. The van der Waals surface area contributed by atoms with Gasteiger partial charge < -0.3 is 20.1 Å². The molecule has 9 nitrogen and oxygen atoms in total. The lowest BCUT2D eigenvalue weighted by Crippen LogP contribution is -2.29. The van der Waals surface area contributed by atoms with Gasteiger partial charge in [0.25, 0.3) is 5.56 Å². The predicted octanol–water partition coefficient (Wildman–Crippen LogP) is 6.82. The van der Waals surface area contributed by atoms with E-state index in [9.17, 15) is 14.4 Å². The largest absolute Gasteiger partial charge is 0.493 e. The molecule has 0 fully saturated rings.